The van der Waals surface area contributed by atoms with Crippen molar-refractivity contribution in [3.63, 3.8) is 0 Å². The summed E-state index contributed by atoms with van der Waals surface area (Å²) in [5.41, 5.74) is 0. The molecule has 0 amide bonds. The van der Waals surface area contributed by atoms with E-state index in [4.69, 9.17) is 0 Å². The fourth-order valence-corrected chi connectivity index (χ4v) is 2.19. The predicted octanol–water partition coefficient (Wildman–Crippen LogP) is 1.72. The molecule has 1 fully saturated rings. The van der Waals surface area contributed by atoms with Crippen LogP contribution in [0.5, 0.6) is 0 Å². The van der Waals surface area contributed by atoms with E-state index in [-0.39, 0.29) is 0 Å². The highest BCUT2D eigenvalue weighted by atomic mass is 15.1. The maximum Gasteiger partial charge on any atom is 0.0601 e. The number of hydrogen-bond donors (Lipinski definition) is 1. The second-order valence-corrected chi connectivity index (χ2v) is 4.37. The van der Waals surface area contributed by atoms with Crippen LogP contribution in [0.2, 0.25) is 0 Å². The lowest BCUT2D eigenvalue weighted by Crippen LogP contribution is -2.38. The molecule has 1 N–H and O–H groups in total. The number of rotatable bonds is 5. The van der Waals surface area contributed by atoms with Crippen molar-refractivity contribution in [2.75, 3.05) is 32.7 Å². The Kier molecular flexibility index (Phi) is 6.47. The highest BCUT2D eigenvalue weighted by Crippen LogP contribution is 2.11. The van der Waals surface area contributed by atoms with Crippen molar-refractivity contribution < 1.29 is 0 Å². The van der Waals surface area contributed by atoms with Crippen LogP contribution in [0.25, 0.3) is 0 Å². The summed E-state index contributed by atoms with van der Waals surface area (Å²) in [5.74, 6) is 7.00. The first-order chi connectivity index (χ1) is 7.36. The van der Waals surface area contributed by atoms with Gasteiger partial charge in [0.05, 0.1) is 6.54 Å². The molecule has 1 saturated heterocycles. The van der Waals surface area contributed by atoms with E-state index in [2.05, 4.69) is 29.0 Å². The maximum absolute atomic E-state index is 3.48. The molecule has 1 heterocycles. The molecule has 1 unspecified atom stereocenters. The van der Waals surface area contributed by atoms with Crippen LogP contribution in [0.4, 0.5) is 0 Å². The molecule has 0 aromatic carbocycles. The average molecular weight is 208 g/mol. The van der Waals surface area contributed by atoms with Crippen LogP contribution < -0.4 is 5.32 Å². The molecule has 0 bridgehead atoms. The van der Waals surface area contributed by atoms with Crippen LogP contribution in [0.1, 0.15) is 33.1 Å². The van der Waals surface area contributed by atoms with Gasteiger partial charge in [0.15, 0.2) is 0 Å². The Labute approximate surface area is 94.4 Å². The minimum absolute atomic E-state index is 0.837. The van der Waals surface area contributed by atoms with Crippen LogP contribution in [-0.4, -0.2) is 37.6 Å². The minimum atomic E-state index is 0.837. The predicted molar refractivity (Wildman–Crippen MR) is 65.8 cm³/mol. The van der Waals surface area contributed by atoms with Gasteiger partial charge in [0, 0.05) is 6.54 Å². The third-order valence-electron chi connectivity index (χ3n) is 2.93. The molecule has 1 rings (SSSR count). The molecule has 0 saturated carbocycles. The Bertz CT molecular complexity index is 208. The molecule has 1 atom stereocenters. The number of nitrogens with one attached hydrogen (secondary N) is 1. The first kappa shape index (κ1) is 12.5. The first-order valence-corrected chi connectivity index (χ1v) is 6.19. The van der Waals surface area contributed by atoms with Gasteiger partial charge in [-0.15, -0.1) is 5.92 Å². The average Bonchev–Trinajstić information content (AvgIpc) is 2.28. The fourth-order valence-electron chi connectivity index (χ4n) is 2.19. The van der Waals surface area contributed by atoms with Crippen LogP contribution in [0.3, 0.4) is 0 Å². The monoisotopic (exact) mass is 208 g/mol. The van der Waals surface area contributed by atoms with Crippen molar-refractivity contribution in [2.24, 2.45) is 5.92 Å². The van der Waals surface area contributed by atoms with E-state index >= 15 is 0 Å². The molecule has 2 nitrogen and oxygen atoms in total. The third-order valence-corrected chi connectivity index (χ3v) is 2.93. The Balaban J connectivity index is 2.29. The van der Waals surface area contributed by atoms with Crippen LogP contribution >= 0.6 is 0 Å². The van der Waals surface area contributed by atoms with Crippen molar-refractivity contribution >= 4 is 0 Å². The Morgan fingerprint density at radius 2 is 2.33 bits per heavy atom. The first-order valence-electron chi connectivity index (χ1n) is 6.19. The standard InChI is InChI=1S/C13H24N2/c1-3-5-10-15(9-4-2)12-13-7-6-8-14-11-13/h13-14H,4,6-12H2,1-2H3. The number of piperidine rings is 1. The topological polar surface area (TPSA) is 15.3 Å². The van der Waals surface area contributed by atoms with Crippen molar-refractivity contribution in [3.8, 4) is 11.8 Å². The molecule has 2 heteroatoms. The van der Waals surface area contributed by atoms with Gasteiger partial charge in [-0.05, 0) is 51.7 Å². The lowest BCUT2D eigenvalue weighted by Gasteiger charge is -2.28. The molecule has 0 radical (unpaired) electrons. The van der Waals surface area contributed by atoms with Gasteiger partial charge in [0.1, 0.15) is 0 Å². The SMILES string of the molecule is CC#CCN(CCC)CC1CCCNC1. The molecule has 15 heavy (non-hydrogen) atoms. The molecule has 0 aromatic rings. The zero-order valence-corrected chi connectivity index (χ0v) is 10.2. The molecular weight excluding hydrogens is 184 g/mol. The van der Waals surface area contributed by atoms with Crippen molar-refractivity contribution in [2.45, 2.75) is 33.1 Å². The quantitative estimate of drug-likeness (QED) is 0.692. The Morgan fingerprint density at radius 3 is 2.93 bits per heavy atom. The van der Waals surface area contributed by atoms with Gasteiger partial charge in [-0.25, -0.2) is 0 Å². The van der Waals surface area contributed by atoms with Gasteiger partial charge in [-0.2, -0.15) is 0 Å². The van der Waals surface area contributed by atoms with E-state index in [9.17, 15) is 0 Å². The molecule has 0 aliphatic carbocycles. The molecule has 1 aliphatic rings. The van der Waals surface area contributed by atoms with E-state index in [0.717, 1.165) is 12.5 Å². The summed E-state index contributed by atoms with van der Waals surface area (Å²) in [6, 6.07) is 0. The van der Waals surface area contributed by atoms with Gasteiger partial charge in [-0.1, -0.05) is 12.8 Å². The number of nitrogens with zero attached hydrogens (tertiary/aromatic N) is 1. The molecule has 1 aliphatic heterocycles. The van der Waals surface area contributed by atoms with Gasteiger partial charge in [-0.3, -0.25) is 4.90 Å². The summed E-state index contributed by atoms with van der Waals surface area (Å²) in [4.78, 5) is 2.49. The molecule has 86 valence electrons. The zero-order chi connectivity index (χ0) is 10.9. The summed E-state index contributed by atoms with van der Waals surface area (Å²) < 4.78 is 0. The van der Waals surface area contributed by atoms with E-state index in [0.29, 0.717) is 0 Å². The molecule has 0 spiro atoms. The number of hydrogen-bond acceptors (Lipinski definition) is 2. The lowest BCUT2D eigenvalue weighted by atomic mass is 9.99. The molecular formula is C13H24N2. The highest BCUT2D eigenvalue weighted by molar-refractivity contribution is 4.98. The minimum Gasteiger partial charge on any atom is -0.316 e. The Hall–Kier alpha value is -0.520. The fraction of sp³-hybridized carbons (Fsp3) is 0.846. The van der Waals surface area contributed by atoms with Crippen molar-refractivity contribution in [3.05, 3.63) is 0 Å². The summed E-state index contributed by atoms with van der Waals surface area (Å²) in [6.45, 7) is 9.91. The summed E-state index contributed by atoms with van der Waals surface area (Å²) >= 11 is 0. The van der Waals surface area contributed by atoms with Crippen LogP contribution in [0, 0.1) is 17.8 Å². The van der Waals surface area contributed by atoms with Gasteiger partial charge < -0.3 is 5.32 Å². The third kappa shape index (κ3) is 5.20. The van der Waals surface area contributed by atoms with E-state index in [1.165, 1.54) is 45.4 Å². The smallest absolute Gasteiger partial charge is 0.0601 e. The maximum atomic E-state index is 3.48. The van der Waals surface area contributed by atoms with E-state index < -0.39 is 0 Å². The van der Waals surface area contributed by atoms with Crippen LogP contribution in [0.15, 0.2) is 0 Å². The summed E-state index contributed by atoms with van der Waals surface area (Å²) in [5, 5.41) is 3.48. The van der Waals surface area contributed by atoms with Crippen molar-refractivity contribution in [1.29, 1.82) is 0 Å². The van der Waals surface area contributed by atoms with E-state index in [1.807, 2.05) is 6.92 Å². The zero-order valence-electron chi connectivity index (χ0n) is 10.2. The Morgan fingerprint density at radius 1 is 1.47 bits per heavy atom. The normalized spacial score (nSPS) is 21.1. The van der Waals surface area contributed by atoms with Gasteiger partial charge in [0.2, 0.25) is 0 Å². The van der Waals surface area contributed by atoms with Gasteiger partial charge >= 0.3 is 0 Å². The summed E-state index contributed by atoms with van der Waals surface area (Å²) in [7, 11) is 0. The summed E-state index contributed by atoms with van der Waals surface area (Å²) in [6.07, 6.45) is 3.95. The van der Waals surface area contributed by atoms with Crippen molar-refractivity contribution in [1.82, 2.24) is 10.2 Å². The lowest BCUT2D eigenvalue weighted by molar-refractivity contribution is 0.228. The van der Waals surface area contributed by atoms with Gasteiger partial charge in [0.25, 0.3) is 0 Å². The second-order valence-electron chi connectivity index (χ2n) is 4.37. The highest BCUT2D eigenvalue weighted by Gasteiger charge is 2.15. The van der Waals surface area contributed by atoms with E-state index in [1.54, 1.807) is 0 Å². The molecule has 0 aromatic heterocycles. The van der Waals surface area contributed by atoms with Crippen LogP contribution in [-0.2, 0) is 0 Å². The largest absolute Gasteiger partial charge is 0.316 e. The second kappa shape index (κ2) is 7.73.